The molecule has 0 spiro atoms. The Morgan fingerprint density at radius 3 is 2.54 bits per heavy atom. The van der Waals surface area contributed by atoms with Gasteiger partial charge in [-0.25, -0.2) is 4.98 Å². The maximum Gasteiger partial charge on any atom is 0.316 e. The van der Waals surface area contributed by atoms with Crippen molar-refractivity contribution in [2.24, 2.45) is 0 Å². The van der Waals surface area contributed by atoms with E-state index in [-0.39, 0.29) is 24.2 Å². The molecular formula is C17H19N3O5S. The van der Waals surface area contributed by atoms with E-state index in [0.29, 0.717) is 37.0 Å². The number of aromatic nitrogens is 1. The molecule has 1 aromatic carbocycles. The third-order valence-corrected chi connectivity index (χ3v) is 4.82. The summed E-state index contributed by atoms with van der Waals surface area (Å²) in [5.41, 5.74) is 1.38. The number of piperazine rings is 1. The topological polar surface area (TPSA) is 93.0 Å². The fourth-order valence-electron chi connectivity index (χ4n) is 2.58. The van der Waals surface area contributed by atoms with Crippen molar-refractivity contribution in [2.75, 3.05) is 38.5 Å². The van der Waals surface area contributed by atoms with Gasteiger partial charge in [0.1, 0.15) is 11.3 Å². The number of rotatable bonds is 5. The van der Waals surface area contributed by atoms with Gasteiger partial charge in [0.2, 0.25) is 5.91 Å². The zero-order valence-corrected chi connectivity index (χ0v) is 15.2. The molecule has 2 heterocycles. The molecule has 1 aliphatic rings. The van der Waals surface area contributed by atoms with Gasteiger partial charge < -0.3 is 19.0 Å². The maximum absolute atomic E-state index is 12.1. The number of amides is 2. The van der Waals surface area contributed by atoms with E-state index in [4.69, 9.17) is 9.15 Å². The van der Waals surface area contributed by atoms with E-state index in [9.17, 15) is 14.4 Å². The summed E-state index contributed by atoms with van der Waals surface area (Å²) in [6.07, 6.45) is 0. The van der Waals surface area contributed by atoms with Crippen LogP contribution in [0.3, 0.4) is 0 Å². The van der Waals surface area contributed by atoms with Gasteiger partial charge in [-0.3, -0.25) is 14.4 Å². The van der Waals surface area contributed by atoms with Crippen molar-refractivity contribution in [1.82, 2.24) is 14.8 Å². The number of nitrogens with zero attached hydrogens (tertiary/aromatic N) is 3. The smallest absolute Gasteiger partial charge is 0.316 e. The standard InChI is InChI=1S/C17H19N3O5S/c1-12(21)19-6-8-20(9-7-19)15(22)10-24-16(23)11-26-17-18-13-4-2-3-5-14(13)25-17/h2-5H,6-11H2,1H3. The van der Waals surface area contributed by atoms with Crippen molar-refractivity contribution in [1.29, 1.82) is 0 Å². The molecular weight excluding hydrogens is 358 g/mol. The zero-order valence-electron chi connectivity index (χ0n) is 14.3. The molecule has 1 aromatic heterocycles. The first-order valence-corrected chi connectivity index (χ1v) is 9.19. The number of para-hydroxylation sites is 2. The highest BCUT2D eigenvalue weighted by atomic mass is 32.2. The molecule has 2 amide bonds. The molecule has 9 heteroatoms. The van der Waals surface area contributed by atoms with E-state index in [1.165, 1.54) is 6.92 Å². The molecule has 8 nitrogen and oxygen atoms in total. The SMILES string of the molecule is CC(=O)N1CCN(C(=O)COC(=O)CSc2nc3ccccc3o2)CC1. The number of hydrogen-bond donors (Lipinski definition) is 0. The van der Waals surface area contributed by atoms with Crippen molar-refractivity contribution in [3.05, 3.63) is 24.3 Å². The summed E-state index contributed by atoms with van der Waals surface area (Å²) < 4.78 is 10.5. The number of thioether (sulfide) groups is 1. The Morgan fingerprint density at radius 1 is 1.15 bits per heavy atom. The quantitative estimate of drug-likeness (QED) is 0.570. The van der Waals surface area contributed by atoms with Crippen LogP contribution in [0, 0.1) is 0 Å². The largest absolute Gasteiger partial charge is 0.455 e. The van der Waals surface area contributed by atoms with Crippen LogP contribution in [0.5, 0.6) is 0 Å². The van der Waals surface area contributed by atoms with Crippen LogP contribution in [0.1, 0.15) is 6.92 Å². The highest BCUT2D eigenvalue weighted by Gasteiger charge is 2.23. The van der Waals surface area contributed by atoms with E-state index in [1.807, 2.05) is 18.2 Å². The van der Waals surface area contributed by atoms with Crippen LogP contribution in [-0.2, 0) is 19.1 Å². The first kappa shape index (κ1) is 18.2. The third kappa shape index (κ3) is 4.54. The lowest BCUT2D eigenvalue weighted by Crippen LogP contribution is -2.51. The predicted octanol–water partition coefficient (Wildman–Crippen LogP) is 1.15. The molecule has 1 fully saturated rings. The molecule has 0 unspecified atom stereocenters. The zero-order chi connectivity index (χ0) is 18.5. The second kappa shape index (κ2) is 8.22. The Balaban J connectivity index is 1.40. The van der Waals surface area contributed by atoms with Crippen LogP contribution >= 0.6 is 11.8 Å². The van der Waals surface area contributed by atoms with Crippen LogP contribution in [0.15, 0.2) is 33.9 Å². The average molecular weight is 377 g/mol. The van der Waals surface area contributed by atoms with Crippen LogP contribution in [0.4, 0.5) is 0 Å². The first-order chi connectivity index (χ1) is 12.5. The molecule has 0 N–H and O–H groups in total. The van der Waals surface area contributed by atoms with Gasteiger partial charge in [-0.2, -0.15) is 0 Å². The molecule has 2 aromatic rings. The lowest BCUT2D eigenvalue weighted by molar-refractivity contribution is -0.151. The van der Waals surface area contributed by atoms with E-state index in [0.717, 1.165) is 17.3 Å². The van der Waals surface area contributed by atoms with Crippen molar-refractivity contribution in [2.45, 2.75) is 12.1 Å². The molecule has 0 bridgehead atoms. The van der Waals surface area contributed by atoms with Crippen LogP contribution < -0.4 is 0 Å². The van der Waals surface area contributed by atoms with Crippen LogP contribution in [0.2, 0.25) is 0 Å². The minimum Gasteiger partial charge on any atom is -0.455 e. The molecule has 1 saturated heterocycles. The first-order valence-electron chi connectivity index (χ1n) is 8.20. The van der Waals surface area contributed by atoms with Gasteiger partial charge in [-0.1, -0.05) is 23.9 Å². The number of benzene rings is 1. The Kier molecular flexibility index (Phi) is 5.77. The van der Waals surface area contributed by atoms with E-state index >= 15 is 0 Å². The molecule has 26 heavy (non-hydrogen) atoms. The minimum absolute atomic E-state index is 0.000233. The van der Waals surface area contributed by atoms with Crippen molar-refractivity contribution < 1.29 is 23.5 Å². The van der Waals surface area contributed by atoms with Crippen LogP contribution in [-0.4, -0.2) is 71.1 Å². The third-order valence-electron chi connectivity index (χ3n) is 4.02. The molecule has 1 aliphatic heterocycles. The molecule has 0 aliphatic carbocycles. The molecule has 138 valence electrons. The van der Waals surface area contributed by atoms with Crippen molar-refractivity contribution in [3.8, 4) is 0 Å². The molecule has 0 radical (unpaired) electrons. The number of esters is 1. The van der Waals surface area contributed by atoms with Gasteiger partial charge in [0, 0.05) is 33.1 Å². The summed E-state index contributed by atoms with van der Waals surface area (Å²) in [5.74, 6) is -0.751. The number of hydrogen-bond acceptors (Lipinski definition) is 7. The van der Waals surface area contributed by atoms with Crippen molar-refractivity contribution >= 4 is 40.6 Å². The lowest BCUT2D eigenvalue weighted by atomic mass is 10.3. The second-order valence-corrected chi connectivity index (χ2v) is 6.71. The van der Waals surface area contributed by atoms with E-state index < -0.39 is 5.97 Å². The lowest BCUT2D eigenvalue weighted by Gasteiger charge is -2.34. The second-order valence-electron chi connectivity index (χ2n) is 5.78. The van der Waals surface area contributed by atoms with Gasteiger partial charge in [0.05, 0.1) is 0 Å². The highest BCUT2D eigenvalue weighted by Crippen LogP contribution is 2.23. The van der Waals surface area contributed by atoms with E-state index in [2.05, 4.69) is 4.98 Å². The molecule has 0 saturated carbocycles. The normalized spacial score (nSPS) is 14.5. The summed E-state index contributed by atoms with van der Waals surface area (Å²) in [6, 6.07) is 7.33. The summed E-state index contributed by atoms with van der Waals surface area (Å²) in [5, 5.41) is 0.384. The fourth-order valence-corrected chi connectivity index (χ4v) is 3.22. The Morgan fingerprint density at radius 2 is 1.85 bits per heavy atom. The average Bonchev–Trinajstić information content (AvgIpc) is 3.07. The summed E-state index contributed by atoms with van der Waals surface area (Å²) in [4.78, 5) is 42.7. The number of ether oxygens (including phenoxy) is 1. The number of oxazole rings is 1. The monoisotopic (exact) mass is 377 g/mol. The Bertz CT molecular complexity index is 781. The number of carbonyl (C=O) groups is 3. The fraction of sp³-hybridized carbons (Fsp3) is 0.412. The molecule has 0 atom stereocenters. The highest BCUT2D eigenvalue weighted by molar-refractivity contribution is 7.99. The van der Waals surface area contributed by atoms with Crippen LogP contribution in [0.25, 0.3) is 11.1 Å². The van der Waals surface area contributed by atoms with Gasteiger partial charge in [-0.05, 0) is 12.1 Å². The van der Waals surface area contributed by atoms with Gasteiger partial charge in [0.25, 0.3) is 11.1 Å². The Hall–Kier alpha value is -2.55. The molecule has 3 rings (SSSR count). The minimum atomic E-state index is -0.507. The number of carbonyl (C=O) groups excluding carboxylic acids is 3. The summed E-state index contributed by atoms with van der Waals surface area (Å²) >= 11 is 1.12. The predicted molar refractivity (Wildman–Crippen MR) is 94.5 cm³/mol. The van der Waals surface area contributed by atoms with Crippen molar-refractivity contribution in [3.63, 3.8) is 0 Å². The van der Waals surface area contributed by atoms with Gasteiger partial charge >= 0.3 is 5.97 Å². The Labute approximate surface area is 154 Å². The number of fused-ring (bicyclic) bond motifs is 1. The van der Waals surface area contributed by atoms with Gasteiger partial charge in [0.15, 0.2) is 12.2 Å². The van der Waals surface area contributed by atoms with Gasteiger partial charge in [-0.15, -0.1) is 0 Å². The maximum atomic E-state index is 12.1. The summed E-state index contributed by atoms with van der Waals surface area (Å²) in [7, 11) is 0. The van der Waals surface area contributed by atoms with E-state index in [1.54, 1.807) is 15.9 Å². The summed E-state index contributed by atoms with van der Waals surface area (Å²) in [6.45, 7) is 3.12.